The minimum absolute atomic E-state index is 0.0965. The monoisotopic (exact) mass is 301 g/mol. The number of anilines is 2. The molecule has 0 aromatic heterocycles. The summed E-state index contributed by atoms with van der Waals surface area (Å²) < 4.78 is 25.4. The van der Waals surface area contributed by atoms with Crippen molar-refractivity contribution < 1.29 is 13.5 Å². The topological polar surface area (TPSA) is 81.7 Å². The van der Waals surface area contributed by atoms with Crippen LogP contribution in [0, 0.1) is 0 Å². The molecule has 0 aliphatic carbocycles. The Kier molecular flexibility index (Phi) is 6.25. The van der Waals surface area contributed by atoms with E-state index >= 15 is 0 Å². The molecule has 0 amide bonds. The molecule has 0 saturated carbocycles. The number of hydrogen-bond donors (Lipinski definition) is 3. The van der Waals surface area contributed by atoms with E-state index < -0.39 is 10.0 Å². The second-order valence-corrected chi connectivity index (χ2v) is 6.68. The molecule has 6 nitrogen and oxygen atoms in total. The average molecular weight is 301 g/mol. The van der Waals surface area contributed by atoms with Crippen molar-refractivity contribution in [3.63, 3.8) is 0 Å². The molecule has 0 aliphatic heterocycles. The standard InChI is InChI=1S/C13H23N3O3S/c1-4-14-12-7-6-11(20(18,19)16(2)3)10-13(12)15-8-5-9-17/h6-7,10,14-15,17H,4-5,8-9H2,1-3H3. The van der Waals surface area contributed by atoms with Crippen LogP contribution in [0.3, 0.4) is 0 Å². The van der Waals surface area contributed by atoms with Crippen LogP contribution in [-0.2, 0) is 10.0 Å². The minimum atomic E-state index is -3.45. The Morgan fingerprint density at radius 3 is 2.45 bits per heavy atom. The van der Waals surface area contributed by atoms with Crippen molar-refractivity contribution in [2.45, 2.75) is 18.2 Å². The van der Waals surface area contributed by atoms with Crippen molar-refractivity contribution in [2.75, 3.05) is 44.4 Å². The van der Waals surface area contributed by atoms with Crippen molar-refractivity contribution in [1.29, 1.82) is 0 Å². The van der Waals surface area contributed by atoms with Crippen LogP contribution in [0.5, 0.6) is 0 Å². The van der Waals surface area contributed by atoms with E-state index in [-0.39, 0.29) is 11.5 Å². The molecule has 0 atom stereocenters. The maximum absolute atomic E-state index is 12.1. The van der Waals surface area contributed by atoms with Gasteiger partial charge in [0.05, 0.1) is 16.3 Å². The van der Waals surface area contributed by atoms with Gasteiger partial charge in [0.2, 0.25) is 10.0 Å². The van der Waals surface area contributed by atoms with Gasteiger partial charge in [0.15, 0.2) is 0 Å². The highest BCUT2D eigenvalue weighted by molar-refractivity contribution is 7.89. The Morgan fingerprint density at radius 1 is 1.20 bits per heavy atom. The molecule has 0 saturated heterocycles. The Labute approximate surface area is 120 Å². The van der Waals surface area contributed by atoms with Gasteiger partial charge in [-0.25, -0.2) is 12.7 Å². The molecule has 1 aromatic rings. The van der Waals surface area contributed by atoms with Gasteiger partial charge in [-0.05, 0) is 31.5 Å². The zero-order chi connectivity index (χ0) is 15.2. The lowest BCUT2D eigenvalue weighted by Crippen LogP contribution is -2.22. The first-order valence-corrected chi connectivity index (χ1v) is 8.02. The maximum Gasteiger partial charge on any atom is 0.242 e. The molecular weight excluding hydrogens is 278 g/mol. The van der Waals surface area contributed by atoms with Crippen molar-refractivity contribution in [3.8, 4) is 0 Å². The molecule has 3 N–H and O–H groups in total. The summed E-state index contributed by atoms with van der Waals surface area (Å²) in [6.07, 6.45) is 0.607. The summed E-state index contributed by atoms with van der Waals surface area (Å²) in [4.78, 5) is 0.246. The number of aliphatic hydroxyl groups excluding tert-OH is 1. The number of aliphatic hydroxyl groups is 1. The Bertz CT molecular complexity index is 530. The first-order chi connectivity index (χ1) is 9.43. The van der Waals surface area contributed by atoms with Gasteiger partial charge in [-0.2, -0.15) is 0 Å². The van der Waals surface area contributed by atoms with E-state index in [0.717, 1.165) is 17.9 Å². The first-order valence-electron chi connectivity index (χ1n) is 6.58. The third kappa shape index (κ3) is 4.09. The van der Waals surface area contributed by atoms with Gasteiger partial charge in [0.25, 0.3) is 0 Å². The van der Waals surface area contributed by atoms with Gasteiger partial charge in [-0.1, -0.05) is 0 Å². The highest BCUT2D eigenvalue weighted by atomic mass is 32.2. The quantitative estimate of drug-likeness (QED) is 0.628. The lowest BCUT2D eigenvalue weighted by atomic mass is 10.2. The van der Waals surface area contributed by atoms with Crippen molar-refractivity contribution in [3.05, 3.63) is 18.2 Å². The van der Waals surface area contributed by atoms with Crippen LogP contribution in [0.1, 0.15) is 13.3 Å². The fraction of sp³-hybridized carbons (Fsp3) is 0.538. The van der Waals surface area contributed by atoms with Crippen LogP contribution in [0.25, 0.3) is 0 Å². The lowest BCUT2D eigenvalue weighted by Gasteiger charge is -2.16. The summed E-state index contributed by atoms with van der Waals surface area (Å²) in [5, 5.41) is 15.1. The average Bonchev–Trinajstić information content (AvgIpc) is 2.40. The van der Waals surface area contributed by atoms with Crippen molar-refractivity contribution in [2.24, 2.45) is 0 Å². The molecule has 0 unspecified atom stereocenters. The Balaban J connectivity index is 3.09. The van der Waals surface area contributed by atoms with Gasteiger partial charge in [0, 0.05) is 33.8 Å². The van der Waals surface area contributed by atoms with Crippen LogP contribution in [0.15, 0.2) is 23.1 Å². The summed E-state index contributed by atoms with van der Waals surface area (Å²) >= 11 is 0. The van der Waals surface area contributed by atoms with Gasteiger partial charge in [0.1, 0.15) is 0 Å². The molecule has 7 heteroatoms. The summed E-state index contributed by atoms with van der Waals surface area (Å²) in [7, 11) is -0.433. The van der Waals surface area contributed by atoms with Crippen LogP contribution < -0.4 is 10.6 Å². The number of benzene rings is 1. The molecule has 114 valence electrons. The highest BCUT2D eigenvalue weighted by Crippen LogP contribution is 2.26. The second-order valence-electron chi connectivity index (χ2n) is 4.53. The van der Waals surface area contributed by atoms with Gasteiger partial charge in [-0.15, -0.1) is 0 Å². The summed E-state index contributed by atoms with van der Waals surface area (Å²) in [5.74, 6) is 0. The van der Waals surface area contributed by atoms with Crippen molar-refractivity contribution >= 4 is 21.4 Å². The summed E-state index contributed by atoms with van der Waals surface area (Å²) in [6.45, 7) is 3.40. The van der Waals surface area contributed by atoms with E-state index in [9.17, 15) is 8.42 Å². The van der Waals surface area contributed by atoms with Crippen LogP contribution >= 0.6 is 0 Å². The maximum atomic E-state index is 12.1. The number of sulfonamides is 1. The van der Waals surface area contributed by atoms with Crippen LogP contribution in [-0.4, -0.2) is 51.6 Å². The number of hydrogen-bond acceptors (Lipinski definition) is 5. The van der Waals surface area contributed by atoms with E-state index in [1.165, 1.54) is 18.4 Å². The predicted octanol–water partition coefficient (Wildman–Crippen LogP) is 1.16. The summed E-state index contributed by atoms with van der Waals surface area (Å²) in [6, 6.07) is 4.95. The fourth-order valence-corrected chi connectivity index (χ4v) is 2.62. The van der Waals surface area contributed by atoms with Crippen LogP contribution in [0.4, 0.5) is 11.4 Å². The van der Waals surface area contributed by atoms with E-state index in [1.54, 1.807) is 18.2 Å². The molecular formula is C13H23N3O3S. The van der Waals surface area contributed by atoms with E-state index in [0.29, 0.717) is 13.0 Å². The second kappa shape index (κ2) is 7.47. The highest BCUT2D eigenvalue weighted by Gasteiger charge is 2.18. The SMILES string of the molecule is CCNc1ccc(S(=O)(=O)N(C)C)cc1NCCCO. The zero-order valence-corrected chi connectivity index (χ0v) is 13.0. The molecule has 1 rings (SSSR count). The molecule has 0 heterocycles. The number of nitrogens with zero attached hydrogens (tertiary/aromatic N) is 1. The summed E-state index contributed by atoms with van der Waals surface area (Å²) in [5.41, 5.74) is 1.58. The molecule has 0 bridgehead atoms. The third-order valence-electron chi connectivity index (χ3n) is 2.79. The van der Waals surface area contributed by atoms with E-state index in [2.05, 4.69) is 10.6 Å². The zero-order valence-electron chi connectivity index (χ0n) is 12.2. The molecule has 20 heavy (non-hydrogen) atoms. The lowest BCUT2D eigenvalue weighted by molar-refractivity contribution is 0.292. The smallest absolute Gasteiger partial charge is 0.242 e. The minimum Gasteiger partial charge on any atom is -0.396 e. The molecule has 0 radical (unpaired) electrons. The van der Waals surface area contributed by atoms with Crippen LogP contribution in [0.2, 0.25) is 0 Å². The normalized spacial score (nSPS) is 11.7. The molecule has 1 aromatic carbocycles. The Hall–Kier alpha value is -1.31. The van der Waals surface area contributed by atoms with Gasteiger partial charge >= 0.3 is 0 Å². The predicted molar refractivity (Wildman–Crippen MR) is 81.7 cm³/mol. The third-order valence-corrected chi connectivity index (χ3v) is 4.60. The van der Waals surface area contributed by atoms with Gasteiger partial charge in [-0.3, -0.25) is 0 Å². The number of rotatable bonds is 8. The number of nitrogens with one attached hydrogen (secondary N) is 2. The first kappa shape index (κ1) is 16.7. The largest absolute Gasteiger partial charge is 0.396 e. The molecule has 0 aliphatic rings. The van der Waals surface area contributed by atoms with E-state index in [4.69, 9.17) is 5.11 Å². The van der Waals surface area contributed by atoms with Gasteiger partial charge < -0.3 is 15.7 Å². The fourth-order valence-electron chi connectivity index (χ4n) is 1.69. The molecule has 0 fully saturated rings. The van der Waals surface area contributed by atoms with Crippen molar-refractivity contribution in [1.82, 2.24) is 4.31 Å². The van der Waals surface area contributed by atoms with E-state index in [1.807, 2.05) is 6.92 Å². The Morgan fingerprint density at radius 2 is 1.90 bits per heavy atom. The molecule has 0 spiro atoms.